The van der Waals surface area contributed by atoms with Crippen molar-refractivity contribution in [3.05, 3.63) is 51.8 Å². The quantitative estimate of drug-likeness (QED) is 0.714. The normalized spacial score (nSPS) is 10.9. The van der Waals surface area contributed by atoms with Crippen LogP contribution < -0.4 is 5.69 Å². The van der Waals surface area contributed by atoms with Crippen molar-refractivity contribution in [1.82, 2.24) is 19.6 Å². The zero-order chi connectivity index (χ0) is 14.3. The van der Waals surface area contributed by atoms with E-state index in [9.17, 15) is 9.59 Å². The number of hydrogen-bond acceptors (Lipinski definition) is 4. The molecule has 0 saturated carbocycles. The summed E-state index contributed by atoms with van der Waals surface area (Å²) < 4.78 is 1.24. The smallest absolute Gasteiger partial charge is 0.298 e. The van der Waals surface area contributed by atoms with Crippen molar-refractivity contribution >= 4 is 11.9 Å². The van der Waals surface area contributed by atoms with Gasteiger partial charge in [0.25, 0.3) is 0 Å². The van der Waals surface area contributed by atoms with Gasteiger partial charge in [0.15, 0.2) is 5.65 Å². The van der Waals surface area contributed by atoms with Crippen LogP contribution in [0.3, 0.4) is 0 Å². The third-order valence-corrected chi connectivity index (χ3v) is 3.10. The van der Waals surface area contributed by atoms with Crippen LogP contribution in [0.25, 0.3) is 16.8 Å². The number of H-pyrrole nitrogens is 1. The van der Waals surface area contributed by atoms with Gasteiger partial charge in [-0.05, 0) is 25.5 Å². The number of hydrogen-bond donors (Lipinski definition) is 1. The highest BCUT2D eigenvalue weighted by Gasteiger charge is 2.15. The molecule has 0 bridgehead atoms. The second-order valence-electron chi connectivity index (χ2n) is 4.57. The molecule has 20 heavy (non-hydrogen) atoms. The fourth-order valence-electron chi connectivity index (χ4n) is 2.26. The maximum Gasteiger partial charge on any atom is 0.349 e. The first kappa shape index (κ1) is 12.3. The maximum absolute atomic E-state index is 11.9. The van der Waals surface area contributed by atoms with E-state index < -0.39 is 0 Å². The summed E-state index contributed by atoms with van der Waals surface area (Å²) in [6.45, 7) is 3.53. The molecule has 6 heteroatoms. The number of benzene rings is 1. The number of fused-ring (bicyclic) bond motifs is 1. The van der Waals surface area contributed by atoms with Crippen LogP contribution >= 0.6 is 0 Å². The van der Waals surface area contributed by atoms with Crippen molar-refractivity contribution in [3.63, 3.8) is 0 Å². The predicted molar refractivity (Wildman–Crippen MR) is 73.9 cm³/mol. The molecule has 0 aliphatic carbocycles. The number of aromatic nitrogens is 4. The van der Waals surface area contributed by atoms with Gasteiger partial charge < -0.3 is 0 Å². The first-order valence-electron chi connectivity index (χ1n) is 6.12. The first-order valence-corrected chi connectivity index (χ1v) is 6.12. The van der Waals surface area contributed by atoms with E-state index in [4.69, 9.17) is 0 Å². The molecule has 100 valence electrons. The number of rotatable bonds is 2. The zero-order valence-electron chi connectivity index (χ0n) is 11.0. The number of aryl methyl sites for hydroxylation is 2. The third kappa shape index (κ3) is 1.82. The average Bonchev–Trinajstić information content (AvgIpc) is 2.75. The molecule has 3 aromatic rings. The van der Waals surface area contributed by atoms with E-state index in [2.05, 4.69) is 15.1 Å². The van der Waals surface area contributed by atoms with Crippen molar-refractivity contribution < 1.29 is 4.79 Å². The lowest BCUT2D eigenvalue weighted by Crippen LogP contribution is -2.19. The van der Waals surface area contributed by atoms with Crippen molar-refractivity contribution in [1.29, 1.82) is 0 Å². The van der Waals surface area contributed by atoms with E-state index in [0.717, 1.165) is 17.4 Å². The molecule has 0 fully saturated rings. The van der Waals surface area contributed by atoms with Crippen LogP contribution in [0.5, 0.6) is 0 Å². The number of aromatic amines is 1. The van der Waals surface area contributed by atoms with Gasteiger partial charge in [0, 0.05) is 11.1 Å². The first-order chi connectivity index (χ1) is 9.60. The van der Waals surface area contributed by atoms with Crippen LogP contribution in [0.2, 0.25) is 0 Å². The van der Waals surface area contributed by atoms with E-state index in [1.807, 2.05) is 13.0 Å². The molecular weight excluding hydrogens is 256 g/mol. The molecule has 0 amide bonds. The summed E-state index contributed by atoms with van der Waals surface area (Å²) in [5.41, 5.74) is 3.02. The summed E-state index contributed by atoms with van der Waals surface area (Å²) in [5.74, 6) is 0.523. The molecule has 3 rings (SSSR count). The summed E-state index contributed by atoms with van der Waals surface area (Å²) in [4.78, 5) is 29.7. The summed E-state index contributed by atoms with van der Waals surface area (Å²) in [6.07, 6.45) is 0.788. The second-order valence-corrected chi connectivity index (χ2v) is 4.57. The highest BCUT2D eigenvalue weighted by molar-refractivity contribution is 5.84. The van der Waals surface area contributed by atoms with Gasteiger partial charge in [0.2, 0.25) is 0 Å². The summed E-state index contributed by atoms with van der Waals surface area (Å²) in [6, 6.07) is 7.15. The Bertz CT molecular complexity index is 877. The largest absolute Gasteiger partial charge is 0.349 e. The van der Waals surface area contributed by atoms with Crippen LogP contribution in [0.4, 0.5) is 0 Å². The number of carbonyl (C=O) groups is 1. The molecule has 2 heterocycles. The monoisotopic (exact) mass is 268 g/mol. The van der Waals surface area contributed by atoms with Crippen LogP contribution in [-0.4, -0.2) is 25.9 Å². The summed E-state index contributed by atoms with van der Waals surface area (Å²) >= 11 is 0. The molecule has 0 spiro atoms. The fourth-order valence-corrected chi connectivity index (χ4v) is 2.26. The van der Waals surface area contributed by atoms with E-state index in [-0.39, 0.29) is 5.69 Å². The molecular formula is C14H12N4O2. The molecule has 0 aliphatic rings. The van der Waals surface area contributed by atoms with E-state index >= 15 is 0 Å². The van der Waals surface area contributed by atoms with E-state index in [0.29, 0.717) is 22.7 Å². The Kier molecular flexibility index (Phi) is 2.71. The Hall–Kier alpha value is -2.76. The Morgan fingerprint density at radius 1 is 1.30 bits per heavy atom. The zero-order valence-corrected chi connectivity index (χ0v) is 11.0. The number of aldehydes is 1. The fraction of sp³-hybridized carbons (Fsp3) is 0.143. The second kappa shape index (κ2) is 4.41. The van der Waals surface area contributed by atoms with Crippen molar-refractivity contribution in [2.75, 3.05) is 0 Å². The number of carbonyl (C=O) groups excluding carboxylic acids is 1. The lowest BCUT2D eigenvalue weighted by atomic mass is 10.0. The van der Waals surface area contributed by atoms with Crippen molar-refractivity contribution in [3.8, 4) is 11.1 Å². The Labute approximate surface area is 114 Å². The van der Waals surface area contributed by atoms with Crippen LogP contribution in [0.15, 0.2) is 29.1 Å². The van der Waals surface area contributed by atoms with Gasteiger partial charge in [-0.15, -0.1) is 0 Å². The molecule has 6 nitrogen and oxygen atoms in total. The molecule has 0 unspecified atom stereocenters. The van der Waals surface area contributed by atoms with Gasteiger partial charge in [0.1, 0.15) is 12.1 Å². The van der Waals surface area contributed by atoms with Gasteiger partial charge in [-0.2, -0.15) is 9.61 Å². The van der Waals surface area contributed by atoms with Gasteiger partial charge in [-0.1, -0.05) is 18.2 Å². The molecule has 0 atom stereocenters. The van der Waals surface area contributed by atoms with Gasteiger partial charge in [0.05, 0.1) is 5.69 Å². The minimum Gasteiger partial charge on any atom is -0.298 e. The third-order valence-electron chi connectivity index (χ3n) is 3.10. The predicted octanol–water partition coefficient (Wildman–Crippen LogP) is 1.51. The van der Waals surface area contributed by atoms with E-state index in [1.54, 1.807) is 25.1 Å². The van der Waals surface area contributed by atoms with Crippen LogP contribution in [-0.2, 0) is 0 Å². The lowest BCUT2D eigenvalue weighted by Gasteiger charge is -2.01. The number of nitrogens with one attached hydrogen (secondary N) is 1. The van der Waals surface area contributed by atoms with Crippen molar-refractivity contribution in [2.45, 2.75) is 13.8 Å². The number of nitrogens with zero attached hydrogens (tertiary/aromatic N) is 3. The standard InChI is InChI=1S/C14H12N4O2/c1-8-12(11-5-3-4-10(6-11)7-19)13-15-9(2)16-14(20)18(13)17-8/h3-7H,1-2H3,(H,15,16,20). The van der Waals surface area contributed by atoms with Crippen LogP contribution in [0, 0.1) is 13.8 Å². The average molecular weight is 268 g/mol. The maximum atomic E-state index is 11.9. The molecule has 1 aromatic carbocycles. The molecule has 1 N–H and O–H groups in total. The minimum absolute atomic E-state index is 0.326. The molecule has 0 aliphatic heterocycles. The molecule has 2 aromatic heterocycles. The van der Waals surface area contributed by atoms with Crippen LogP contribution in [0.1, 0.15) is 21.9 Å². The van der Waals surface area contributed by atoms with Gasteiger partial charge in [-0.3, -0.25) is 9.78 Å². The highest BCUT2D eigenvalue weighted by atomic mass is 16.1. The van der Waals surface area contributed by atoms with E-state index in [1.165, 1.54) is 4.52 Å². The Morgan fingerprint density at radius 2 is 2.10 bits per heavy atom. The highest BCUT2D eigenvalue weighted by Crippen LogP contribution is 2.26. The SMILES string of the molecule is Cc1nc2c(-c3cccc(C=O)c3)c(C)nn2c(=O)[nH]1. The van der Waals surface area contributed by atoms with Crippen molar-refractivity contribution in [2.24, 2.45) is 0 Å². The Balaban J connectivity index is 2.38. The minimum atomic E-state index is -0.326. The summed E-state index contributed by atoms with van der Waals surface area (Å²) in [5, 5.41) is 4.21. The summed E-state index contributed by atoms with van der Waals surface area (Å²) in [7, 11) is 0. The topological polar surface area (TPSA) is 80.1 Å². The lowest BCUT2D eigenvalue weighted by molar-refractivity contribution is 0.112. The van der Waals surface area contributed by atoms with Gasteiger partial charge in [-0.25, -0.2) is 9.78 Å². The van der Waals surface area contributed by atoms with Gasteiger partial charge >= 0.3 is 5.69 Å². The Morgan fingerprint density at radius 3 is 2.85 bits per heavy atom. The molecule has 0 radical (unpaired) electrons. The molecule has 0 saturated heterocycles.